The minimum atomic E-state index is -0.896. The van der Waals surface area contributed by atoms with E-state index in [0.29, 0.717) is 37.0 Å². The van der Waals surface area contributed by atoms with Gasteiger partial charge in [0.2, 0.25) is 5.91 Å². The fourth-order valence-corrected chi connectivity index (χ4v) is 2.97. The molecule has 1 saturated carbocycles. The molecular weight excluding hydrogens is 351 g/mol. The van der Waals surface area contributed by atoms with Crippen molar-refractivity contribution in [3.05, 3.63) is 29.3 Å². The molecule has 136 valence electrons. The van der Waals surface area contributed by atoms with Crippen LogP contribution in [0.5, 0.6) is 5.75 Å². The summed E-state index contributed by atoms with van der Waals surface area (Å²) in [6.45, 7) is 7.29. The van der Waals surface area contributed by atoms with Crippen molar-refractivity contribution in [2.24, 2.45) is 11.1 Å². The molecule has 0 spiro atoms. The standard InChI is InChI=1S/C17H25ClN2O3.ClH/c1-4-22-14-11-17(19,16(14,2)3)15(21)20-9-10-23-13-7-5-12(18)6-8-13;/h5-8,14H,4,9-11,19H2,1-3H3,(H,20,21);1H. The molecule has 1 amide bonds. The minimum absolute atomic E-state index is 0. The molecule has 3 N–H and O–H groups in total. The summed E-state index contributed by atoms with van der Waals surface area (Å²) < 4.78 is 11.2. The Hall–Kier alpha value is -1.01. The fourth-order valence-electron chi connectivity index (χ4n) is 2.84. The summed E-state index contributed by atoms with van der Waals surface area (Å²) in [5.41, 5.74) is 5.03. The van der Waals surface area contributed by atoms with Crippen molar-refractivity contribution >= 4 is 29.9 Å². The van der Waals surface area contributed by atoms with E-state index in [1.165, 1.54) is 0 Å². The van der Waals surface area contributed by atoms with Crippen LogP contribution in [-0.4, -0.2) is 37.3 Å². The summed E-state index contributed by atoms with van der Waals surface area (Å²) in [5.74, 6) is 0.560. The van der Waals surface area contributed by atoms with Crippen molar-refractivity contribution < 1.29 is 14.3 Å². The van der Waals surface area contributed by atoms with Crippen molar-refractivity contribution in [1.29, 1.82) is 0 Å². The molecule has 1 aliphatic rings. The molecule has 1 aromatic rings. The summed E-state index contributed by atoms with van der Waals surface area (Å²) in [4.78, 5) is 12.4. The van der Waals surface area contributed by atoms with E-state index in [4.69, 9.17) is 26.8 Å². The second kappa shape index (κ2) is 8.39. The summed E-state index contributed by atoms with van der Waals surface area (Å²) in [6, 6.07) is 7.09. The van der Waals surface area contributed by atoms with E-state index >= 15 is 0 Å². The van der Waals surface area contributed by atoms with Gasteiger partial charge in [-0.25, -0.2) is 0 Å². The van der Waals surface area contributed by atoms with Crippen LogP contribution >= 0.6 is 24.0 Å². The van der Waals surface area contributed by atoms with Crippen LogP contribution < -0.4 is 15.8 Å². The first-order chi connectivity index (χ1) is 10.8. The van der Waals surface area contributed by atoms with Crippen molar-refractivity contribution in [3.8, 4) is 5.75 Å². The van der Waals surface area contributed by atoms with Crippen molar-refractivity contribution in [1.82, 2.24) is 5.32 Å². The van der Waals surface area contributed by atoms with Crippen LogP contribution in [-0.2, 0) is 9.53 Å². The van der Waals surface area contributed by atoms with Crippen LogP contribution in [0, 0.1) is 5.41 Å². The van der Waals surface area contributed by atoms with Gasteiger partial charge in [-0.2, -0.15) is 0 Å². The average Bonchev–Trinajstić information content (AvgIpc) is 2.52. The van der Waals surface area contributed by atoms with E-state index in [1.54, 1.807) is 24.3 Å². The molecule has 5 nitrogen and oxygen atoms in total. The first kappa shape index (κ1) is 21.0. The van der Waals surface area contributed by atoms with Gasteiger partial charge in [-0.3, -0.25) is 4.79 Å². The van der Waals surface area contributed by atoms with Gasteiger partial charge in [0.1, 0.15) is 17.9 Å². The van der Waals surface area contributed by atoms with Crippen molar-refractivity contribution in [2.75, 3.05) is 19.8 Å². The number of amides is 1. The molecule has 0 saturated heterocycles. The maximum atomic E-state index is 12.4. The van der Waals surface area contributed by atoms with Gasteiger partial charge in [0.15, 0.2) is 0 Å². The molecule has 1 aliphatic carbocycles. The normalized spacial score (nSPS) is 24.5. The van der Waals surface area contributed by atoms with E-state index < -0.39 is 5.54 Å². The van der Waals surface area contributed by atoms with Crippen molar-refractivity contribution in [3.63, 3.8) is 0 Å². The number of hydrogen-bond acceptors (Lipinski definition) is 4. The zero-order valence-electron chi connectivity index (χ0n) is 14.3. The predicted octanol–water partition coefficient (Wildman–Crippen LogP) is 2.79. The molecule has 1 aromatic carbocycles. The summed E-state index contributed by atoms with van der Waals surface area (Å²) >= 11 is 5.81. The highest BCUT2D eigenvalue weighted by Crippen LogP contribution is 2.49. The molecular formula is C17H26Cl2N2O3. The quantitative estimate of drug-likeness (QED) is 0.717. The molecule has 0 radical (unpaired) electrons. The van der Waals surface area contributed by atoms with Gasteiger partial charge in [-0.05, 0) is 31.2 Å². The van der Waals surface area contributed by atoms with Gasteiger partial charge < -0.3 is 20.5 Å². The number of rotatable bonds is 7. The maximum absolute atomic E-state index is 12.4. The number of hydrogen-bond donors (Lipinski definition) is 2. The second-order valence-corrected chi connectivity index (χ2v) is 6.84. The summed E-state index contributed by atoms with van der Waals surface area (Å²) in [6.07, 6.45) is 0.561. The van der Waals surface area contributed by atoms with Crippen LogP contribution in [0.15, 0.2) is 24.3 Å². The monoisotopic (exact) mass is 376 g/mol. The molecule has 24 heavy (non-hydrogen) atoms. The maximum Gasteiger partial charge on any atom is 0.240 e. The first-order valence-electron chi connectivity index (χ1n) is 7.88. The third-order valence-corrected chi connectivity index (χ3v) is 4.96. The lowest BCUT2D eigenvalue weighted by molar-refractivity contribution is -0.170. The van der Waals surface area contributed by atoms with Crippen LogP contribution in [0.2, 0.25) is 5.02 Å². The topological polar surface area (TPSA) is 73.6 Å². The minimum Gasteiger partial charge on any atom is -0.492 e. The third kappa shape index (κ3) is 4.14. The Morgan fingerprint density at radius 2 is 2.00 bits per heavy atom. The molecule has 2 atom stereocenters. The Morgan fingerprint density at radius 3 is 2.54 bits per heavy atom. The largest absolute Gasteiger partial charge is 0.492 e. The Balaban J connectivity index is 0.00000288. The Bertz CT molecular complexity index is 551. The van der Waals surface area contributed by atoms with Gasteiger partial charge in [-0.1, -0.05) is 25.4 Å². The van der Waals surface area contributed by atoms with Gasteiger partial charge in [0.25, 0.3) is 0 Å². The van der Waals surface area contributed by atoms with Crippen LogP contribution in [0.25, 0.3) is 0 Å². The molecule has 2 rings (SSSR count). The van der Waals surface area contributed by atoms with E-state index in [0.717, 1.165) is 0 Å². The van der Waals surface area contributed by atoms with Gasteiger partial charge in [-0.15, -0.1) is 12.4 Å². The molecule has 0 heterocycles. The number of nitrogens with one attached hydrogen (secondary N) is 1. The number of benzene rings is 1. The van der Waals surface area contributed by atoms with Crippen LogP contribution in [0.1, 0.15) is 27.2 Å². The number of halogens is 2. The number of carbonyl (C=O) groups is 1. The number of carbonyl (C=O) groups excluding carboxylic acids is 1. The molecule has 2 unspecified atom stereocenters. The Morgan fingerprint density at radius 1 is 1.38 bits per heavy atom. The predicted molar refractivity (Wildman–Crippen MR) is 97.9 cm³/mol. The van der Waals surface area contributed by atoms with Gasteiger partial charge in [0, 0.05) is 23.5 Å². The molecule has 0 bridgehead atoms. The summed E-state index contributed by atoms with van der Waals surface area (Å²) in [5, 5.41) is 3.51. The molecule has 0 aromatic heterocycles. The second-order valence-electron chi connectivity index (χ2n) is 6.40. The molecule has 7 heteroatoms. The highest BCUT2D eigenvalue weighted by atomic mass is 35.5. The molecule has 0 aliphatic heterocycles. The van der Waals surface area contributed by atoms with Gasteiger partial charge >= 0.3 is 0 Å². The average molecular weight is 377 g/mol. The van der Waals surface area contributed by atoms with E-state index in [9.17, 15) is 4.79 Å². The molecule has 1 fully saturated rings. The SMILES string of the molecule is CCOC1CC(N)(C(=O)NCCOc2ccc(Cl)cc2)C1(C)C.Cl. The summed E-state index contributed by atoms with van der Waals surface area (Å²) in [7, 11) is 0. The Labute approximate surface area is 154 Å². The number of nitrogens with two attached hydrogens (primary N) is 1. The Kier molecular flexibility index (Phi) is 7.35. The van der Waals surface area contributed by atoms with Gasteiger partial charge in [0.05, 0.1) is 12.6 Å². The third-order valence-electron chi connectivity index (χ3n) is 4.71. The fraction of sp³-hybridized carbons (Fsp3) is 0.588. The lowest BCUT2D eigenvalue weighted by Crippen LogP contribution is -2.75. The highest BCUT2D eigenvalue weighted by Gasteiger charge is 2.62. The lowest BCUT2D eigenvalue weighted by Gasteiger charge is -2.57. The van der Waals surface area contributed by atoms with E-state index in [-0.39, 0.29) is 29.8 Å². The first-order valence-corrected chi connectivity index (χ1v) is 8.26. The van der Waals surface area contributed by atoms with Crippen molar-refractivity contribution in [2.45, 2.75) is 38.8 Å². The van der Waals surface area contributed by atoms with E-state index in [2.05, 4.69) is 5.32 Å². The number of ether oxygens (including phenoxy) is 2. The zero-order valence-corrected chi connectivity index (χ0v) is 15.9. The van der Waals surface area contributed by atoms with E-state index in [1.807, 2.05) is 20.8 Å². The van der Waals surface area contributed by atoms with Crippen LogP contribution in [0.4, 0.5) is 0 Å². The highest BCUT2D eigenvalue weighted by molar-refractivity contribution is 6.30. The zero-order chi connectivity index (χ0) is 17.1. The van der Waals surface area contributed by atoms with Crippen LogP contribution in [0.3, 0.4) is 0 Å². The smallest absolute Gasteiger partial charge is 0.240 e. The lowest BCUT2D eigenvalue weighted by atomic mass is 9.54.